The summed E-state index contributed by atoms with van der Waals surface area (Å²) in [6.45, 7) is 4.97. The summed E-state index contributed by atoms with van der Waals surface area (Å²) in [5, 5.41) is 3.47. The quantitative estimate of drug-likeness (QED) is 0.848. The lowest BCUT2D eigenvalue weighted by Gasteiger charge is -2.30. The highest BCUT2D eigenvalue weighted by Crippen LogP contribution is 2.29. The third kappa shape index (κ3) is 4.02. The predicted molar refractivity (Wildman–Crippen MR) is 78.1 cm³/mol. The second-order valence-corrected chi connectivity index (χ2v) is 6.02. The molecule has 3 rings (SSSR count). The summed E-state index contributed by atoms with van der Waals surface area (Å²) in [5.41, 5.74) is 1.42. The molecule has 1 N–H and O–H groups in total. The van der Waals surface area contributed by atoms with E-state index < -0.39 is 0 Å². The molecule has 3 nitrogen and oxygen atoms in total. The van der Waals surface area contributed by atoms with Gasteiger partial charge in [0.15, 0.2) is 0 Å². The van der Waals surface area contributed by atoms with E-state index in [9.17, 15) is 0 Å². The number of piperidine rings is 1. The molecule has 1 saturated heterocycles. The van der Waals surface area contributed by atoms with Crippen molar-refractivity contribution in [1.82, 2.24) is 15.2 Å². The molecule has 0 amide bonds. The van der Waals surface area contributed by atoms with Gasteiger partial charge in [0.05, 0.1) is 0 Å². The molecule has 2 aliphatic rings. The number of nitrogens with zero attached hydrogens (tertiary/aromatic N) is 2. The van der Waals surface area contributed by atoms with E-state index in [1.54, 1.807) is 0 Å². The maximum atomic E-state index is 4.09. The Morgan fingerprint density at radius 2 is 1.84 bits per heavy atom. The van der Waals surface area contributed by atoms with Gasteiger partial charge in [-0.2, -0.15) is 0 Å². The van der Waals surface area contributed by atoms with Crippen molar-refractivity contribution < 1.29 is 0 Å². The minimum absolute atomic E-state index is 0.886. The summed E-state index contributed by atoms with van der Waals surface area (Å²) in [7, 11) is 0. The minimum atomic E-state index is 0.886. The summed E-state index contributed by atoms with van der Waals surface area (Å²) in [6.07, 6.45) is 10.5. The van der Waals surface area contributed by atoms with Crippen LogP contribution in [0.5, 0.6) is 0 Å². The van der Waals surface area contributed by atoms with Gasteiger partial charge in [0, 0.05) is 31.5 Å². The van der Waals surface area contributed by atoms with Gasteiger partial charge < -0.3 is 5.32 Å². The molecule has 0 spiro atoms. The number of rotatable bonds is 6. The van der Waals surface area contributed by atoms with Crippen LogP contribution in [-0.4, -0.2) is 42.1 Å². The van der Waals surface area contributed by atoms with Gasteiger partial charge >= 0.3 is 0 Å². The first-order valence-electron chi connectivity index (χ1n) is 7.75. The van der Waals surface area contributed by atoms with Crippen molar-refractivity contribution in [3.05, 3.63) is 30.1 Å². The summed E-state index contributed by atoms with van der Waals surface area (Å²) < 4.78 is 0. The largest absolute Gasteiger partial charge is 0.317 e. The fourth-order valence-electron chi connectivity index (χ4n) is 3.08. The normalized spacial score (nSPS) is 20.9. The Bertz CT molecular complexity index is 369. The fourth-order valence-corrected chi connectivity index (χ4v) is 3.08. The molecular weight excluding hydrogens is 234 g/mol. The molecule has 2 fully saturated rings. The van der Waals surface area contributed by atoms with Crippen LogP contribution in [-0.2, 0) is 6.42 Å². The summed E-state index contributed by atoms with van der Waals surface area (Å²) in [5.74, 6) is 0.916. The zero-order chi connectivity index (χ0) is 12.9. The van der Waals surface area contributed by atoms with Gasteiger partial charge in [-0.15, -0.1) is 0 Å². The van der Waals surface area contributed by atoms with Crippen molar-refractivity contribution in [3.63, 3.8) is 0 Å². The highest BCUT2D eigenvalue weighted by molar-refractivity contribution is 5.10. The Hall–Kier alpha value is -0.930. The Morgan fingerprint density at radius 3 is 2.53 bits per heavy atom. The predicted octanol–water partition coefficient (Wildman–Crippen LogP) is 2.09. The third-order valence-electron chi connectivity index (χ3n) is 4.45. The summed E-state index contributed by atoms with van der Waals surface area (Å²) in [4.78, 5) is 6.84. The van der Waals surface area contributed by atoms with Crippen LogP contribution in [0.25, 0.3) is 0 Å². The van der Waals surface area contributed by atoms with Gasteiger partial charge in [-0.1, -0.05) is 0 Å². The number of hydrogen-bond donors (Lipinski definition) is 1. The van der Waals surface area contributed by atoms with E-state index in [1.165, 1.54) is 63.8 Å². The zero-order valence-corrected chi connectivity index (χ0v) is 11.7. The van der Waals surface area contributed by atoms with Gasteiger partial charge in [0.25, 0.3) is 0 Å². The van der Waals surface area contributed by atoms with Crippen LogP contribution in [0.2, 0.25) is 0 Å². The number of nitrogens with one attached hydrogen (secondary N) is 1. The van der Waals surface area contributed by atoms with Gasteiger partial charge in [0.1, 0.15) is 0 Å². The molecule has 1 saturated carbocycles. The van der Waals surface area contributed by atoms with Crippen LogP contribution in [0.4, 0.5) is 0 Å². The standard InChI is InChI=1S/C16H25N3/c1-2-16(1)19(13-15-5-10-18-11-6-15)12-7-14-3-8-17-9-4-14/h3-4,8-9,15-16,18H,1-2,5-7,10-13H2. The van der Waals surface area contributed by atoms with E-state index >= 15 is 0 Å². The summed E-state index contributed by atoms with van der Waals surface area (Å²) in [6, 6.07) is 5.18. The Morgan fingerprint density at radius 1 is 1.11 bits per heavy atom. The molecule has 0 atom stereocenters. The van der Waals surface area contributed by atoms with E-state index in [4.69, 9.17) is 0 Å². The van der Waals surface area contributed by atoms with Gasteiger partial charge in [-0.05, 0) is 68.8 Å². The van der Waals surface area contributed by atoms with Gasteiger partial charge in [0.2, 0.25) is 0 Å². The van der Waals surface area contributed by atoms with E-state index in [-0.39, 0.29) is 0 Å². The molecule has 3 heteroatoms. The SMILES string of the molecule is c1cc(CCN(CC2CCNCC2)C2CC2)ccn1. The van der Waals surface area contributed by atoms with Crippen LogP contribution in [0.15, 0.2) is 24.5 Å². The van der Waals surface area contributed by atoms with Crippen molar-refractivity contribution >= 4 is 0 Å². The van der Waals surface area contributed by atoms with Crippen molar-refractivity contribution in [1.29, 1.82) is 0 Å². The van der Waals surface area contributed by atoms with Crippen molar-refractivity contribution in [3.8, 4) is 0 Å². The van der Waals surface area contributed by atoms with E-state index in [0.29, 0.717) is 0 Å². The average molecular weight is 259 g/mol. The Kier molecular flexibility index (Phi) is 4.46. The first-order valence-corrected chi connectivity index (χ1v) is 7.75. The smallest absolute Gasteiger partial charge is 0.0270 e. The highest BCUT2D eigenvalue weighted by atomic mass is 15.2. The maximum absolute atomic E-state index is 4.09. The minimum Gasteiger partial charge on any atom is -0.317 e. The average Bonchev–Trinajstić information content (AvgIpc) is 3.30. The lowest BCUT2D eigenvalue weighted by atomic mass is 9.97. The fraction of sp³-hybridized carbons (Fsp3) is 0.688. The molecule has 19 heavy (non-hydrogen) atoms. The Labute approximate surface area is 116 Å². The number of aromatic nitrogens is 1. The molecule has 104 valence electrons. The van der Waals surface area contributed by atoms with Gasteiger partial charge in [-0.25, -0.2) is 0 Å². The second-order valence-electron chi connectivity index (χ2n) is 6.02. The molecule has 0 aromatic carbocycles. The molecule has 0 unspecified atom stereocenters. The van der Waals surface area contributed by atoms with Crippen molar-refractivity contribution in [2.75, 3.05) is 26.2 Å². The first-order chi connectivity index (χ1) is 9.42. The lowest BCUT2D eigenvalue weighted by molar-refractivity contribution is 0.199. The molecule has 0 bridgehead atoms. The second kappa shape index (κ2) is 6.49. The van der Waals surface area contributed by atoms with Gasteiger partial charge in [-0.3, -0.25) is 9.88 Å². The summed E-state index contributed by atoms with van der Waals surface area (Å²) >= 11 is 0. The molecule has 2 heterocycles. The molecule has 1 aliphatic carbocycles. The third-order valence-corrected chi connectivity index (χ3v) is 4.45. The topological polar surface area (TPSA) is 28.2 Å². The number of hydrogen-bond acceptors (Lipinski definition) is 3. The molecule has 1 aromatic heterocycles. The van der Waals surface area contributed by atoms with Crippen LogP contribution in [0.3, 0.4) is 0 Å². The molecule has 1 aliphatic heterocycles. The zero-order valence-electron chi connectivity index (χ0n) is 11.7. The molecule has 1 aromatic rings. The van der Waals surface area contributed by atoms with E-state index in [2.05, 4.69) is 27.3 Å². The van der Waals surface area contributed by atoms with Crippen LogP contribution < -0.4 is 5.32 Å². The molecule has 0 radical (unpaired) electrons. The lowest BCUT2D eigenvalue weighted by Crippen LogP contribution is -2.38. The van der Waals surface area contributed by atoms with Crippen LogP contribution >= 0.6 is 0 Å². The first kappa shape index (κ1) is 13.1. The van der Waals surface area contributed by atoms with Crippen molar-refractivity contribution in [2.24, 2.45) is 5.92 Å². The Balaban J connectivity index is 1.49. The monoisotopic (exact) mass is 259 g/mol. The van der Waals surface area contributed by atoms with E-state index in [1.807, 2.05) is 12.4 Å². The van der Waals surface area contributed by atoms with Crippen LogP contribution in [0.1, 0.15) is 31.2 Å². The number of pyridine rings is 1. The van der Waals surface area contributed by atoms with Crippen LogP contribution in [0, 0.1) is 5.92 Å². The molecular formula is C16H25N3. The maximum Gasteiger partial charge on any atom is 0.0270 e. The van der Waals surface area contributed by atoms with Crippen molar-refractivity contribution in [2.45, 2.75) is 38.1 Å². The highest BCUT2D eigenvalue weighted by Gasteiger charge is 2.30. The van der Waals surface area contributed by atoms with E-state index in [0.717, 1.165) is 12.0 Å².